The van der Waals surface area contributed by atoms with E-state index in [9.17, 15) is 0 Å². The van der Waals surface area contributed by atoms with E-state index in [1.165, 1.54) is 14.2 Å². The van der Waals surface area contributed by atoms with Crippen molar-refractivity contribution < 1.29 is 13.6 Å². The predicted molar refractivity (Wildman–Crippen MR) is 80.6 cm³/mol. The van der Waals surface area contributed by atoms with E-state index in [1.54, 1.807) is 12.1 Å². The summed E-state index contributed by atoms with van der Waals surface area (Å²) in [6, 6.07) is 5.13. The van der Waals surface area contributed by atoms with Crippen LogP contribution in [-0.2, 0) is 0 Å². The van der Waals surface area contributed by atoms with Crippen molar-refractivity contribution in [3.63, 3.8) is 0 Å². The van der Waals surface area contributed by atoms with Crippen LogP contribution in [0.1, 0.15) is 10.5 Å². The normalized spacial score (nSPS) is 12.9. The Morgan fingerprint density at radius 3 is 2.67 bits per heavy atom. The highest BCUT2D eigenvalue weighted by Gasteiger charge is 2.13. The summed E-state index contributed by atoms with van der Waals surface area (Å²) < 4.78 is 33.3. The third-order valence-electron chi connectivity index (χ3n) is 2.91. The van der Waals surface area contributed by atoms with Crippen LogP contribution in [0, 0.1) is 11.3 Å². The van der Waals surface area contributed by atoms with Gasteiger partial charge in [0.1, 0.15) is 5.82 Å². The molecule has 2 rings (SSSR count). The van der Waals surface area contributed by atoms with Crippen LogP contribution in [0.15, 0.2) is 12.1 Å². The summed E-state index contributed by atoms with van der Waals surface area (Å²) in [5.74, 6) is 0.946. The fourth-order valence-corrected chi connectivity index (χ4v) is 1.85. The Morgan fingerprint density at radius 1 is 1.33 bits per heavy atom. The van der Waals surface area contributed by atoms with E-state index in [0.29, 0.717) is 22.4 Å². The molecule has 0 saturated heterocycles. The van der Waals surface area contributed by atoms with Crippen LogP contribution in [0.4, 0.5) is 11.8 Å². The molecule has 1 aromatic heterocycles. The van der Waals surface area contributed by atoms with Gasteiger partial charge in [0.15, 0.2) is 11.5 Å². The molecule has 0 aliphatic carbocycles. The second-order valence-corrected chi connectivity index (χ2v) is 4.19. The molecule has 7 heteroatoms. The van der Waals surface area contributed by atoms with Gasteiger partial charge in [-0.05, 0) is 6.07 Å². The highest BCUT2D eigenvalue weighted by Crippen LogP contribution is 2.33. The van der Waals surface area contributed by atoms with Gasteiger partial charge in [0.25, 0.3) is 0 Å². The molecule has 0 radical (unpaired) electrons. The molecule has 0 aliphatic rings. The fourth-order valence-electron chi connectivity index (χ4n) is 1.85. The molecule has 0 spiro atoms. The van der Waals surface area contributed by atoms with Gasteiger partial charge in [0.2, 0.25) is 5.95 Å². The molecule has 1 aromatic carbocycles. The van der Waals surface area contributed by atoms with Crippen LogP contribution in [0.25, 0.3) is 10.9 Å². The average molecular weight is 290 g/mol. The van der Waals surface area contributed by atoms with Crippen LogP contribution >= 0.6 is 0 Å². The van der Waals surface area contributed by atoms with Gasteiger partial charge >= 0.3 is 0 Å². The van der Waals surface area contributed by atoms with E-state index in [0.717, 1.165) is 4.90 Å². The molecule has 2 N–H and O–H groups in total. The second kappa shape index (κ2) is 6.13. The van der Waals surface area contributed by atoms with Crippen LogP contribution in [0.2, 0.25) is 0 Å². The van der Waals surface area contributed by atoms with Crippen molar-refractivity contribution >= 4 is 22.7 Å². The van der Waals surface area contributed by atoms with Gasteiger partial charge in [-0.3, -0.25) is 0 Å². The lowest BCUT2D eigenvalue weighted by Gasteiger charge is -2.17. The van der Waals surface area contributed by atoms with E-state index in [1.807, 2.05) is 6.07 Å². The van der Waals surface area contributed by atoms with Crippen molar-refractivity contribution in [1.82, 2.24) is 9.97 Å². The third kappa shape index (κ3) is 2.89. The number of methoxy groups -OCH3 is 2. The molecule has 1 heterocycles. The number of fused-ring (bicyclic) bond motifs is 1. The van der Waals surface area contributed by atoms with Crippen molar-refractivity contribution in [3.8, 4) is 17.6 Å². The number of benzene rings is 1. The first-order valence-corrected chi connectivity index (χ1v) is 6.15. The maximum atomic E-state index is 8.72. The number of anilines is 2. The number of rotatable bonds is 5. The fraction of sp³-hybridized carbons (Fsp3) is 0.357. The minimum absolute atomic E-state index is 0.0195. The molecule has 0 aliphatic heterocycles. The second-order valence-electron chi connectivity index (χ2n) is 4.19. The van der Waals surface area contributed by atoms with Crippen molar-refractivity contribution in [2.75, 3.05) is 38.4 Å². The highest BCUT2D eigenvalue weighted by atomic mass is 16.5. The maximum absolute atomic E-state index is 8.72. The van der Waals surface area contributed by atoms with Crippen molar-refractivity contribution in [2.45, 2.75) is 6.42 Å². The first-order chi connectivity index (χ1) is 11.3. The number of nitrogens with two attached hydrogens (primary N) is 1. The molecule has 0 fully saturated rings. The van der Waals surface area contributed by atoms with Crippen molar-refractivity contribution in [2.24, 2.45) is 0 Å². The van der Waals surface area contributed by atoms with Crippen LogP contribution < -0.4 is 20.1 Å². The number of hydrogen-bond acceptors (Lipinski definition) is 7. The van der Waals surface area contributed by atoms with Crippen molar-refractivity contribution in [3.05, 3.63) is 12.1 Å². The molecule has 0 amide bonds. The lowest BCUT2D eigenvalue weighted by atomic mass is 10.2. The van der Waals surface area contributed by atoms with Gasteiger partial charge in [-0.2, -0.15) is 10.2 Å². The number of nitrogen functional groups attached to an aromatic ring is 1. The zero-order chi connectivity index (χ0) is 17.9. The number of hydrogen-bond donors (Lipinski definition) is 1. The Hall–Kier alpha value is -2.75. The standard InChI is InChI=1S/C14H17N5O2/c1-19(6-4-5-15)14-17-10-8-12(21-3)11(20-2)7-9(10)13(16)18-14/h7-8H,4,6H2,1-3H3,(H2,16,17,18)/i1D3. The van der Waals surface area contributed by atoms with Crippen LogP contribution in [0.5, 0.6) is 11.5 Å². The summed E-state index contributed by atoms with van der Waals surface area (Å²) in [5, 5.41) is 9.24. The average Bonchev–Trinajstić information content (AvgIpc) is 2.52. The Kier molecular flexibility index (Phi) is 3.20. The number of nitriles is 1. The number of ether oxygens (including phenoxy) is 2. The summed E-state index contributed by atoms with van der Waals surface area (Å²) in [6.07, 6.45) is 0.0195. The predicted octanol–water partition coefficient (Wildman–Crippen LogP) is 1.58. The van der Waals surface area contributed by atoms with Gasteiger partial charge in [0.05, 0.1) is 32.2 Å². The number of nitrogens with zero attached hydrogens (tertiary/aromatic N) is 4. The summed E-state index contributed by atoms with van der Waals surface area (Å²) in [5.41, 5.74) is 6.38. The molecular formula is C14H17N5O2. The molecule has 0 saturated carbocycles. The van der Waals surface area contributed by atoms with E-state index in [4.69, 9.17) is 24.6 Å². The van der Waals surface area contributed by atoms with Crippen LogP contribution in [-0.4, -0.2) is 37.7 Å². The van der Waals surface area contributed by atoms with E-state index in [2.05, 4.69) is 9.97 Å². The third-order valence-corrected chi connectivity index (χ3v) is 2.91. The molecule has 110 valence electrons. The zero-order valence-corrected chi connectivity index (χ0v) is 11.8. The highest BCUT2D eigenvalue weighted by molar-refractivity contribution is 5.91. The first-order valence-electron chi connectivity index (χ1n) is 7.65. The Bertz CT molecular complexity index is 789. The molecular weight excluding hydrogens is 270 g/mol. The van der Waals surface area contributed by atoms with Gasteiger partial charge in [-0.15, -0.1) is 0 Å². The van der Waals surface area contributed by atoms with E-state index in [-0.39, 0.29) is 24.7 Å². The lowest BCUT2D eigenvalue weighted by Crippen LogP contribution is -2.21. The van der Waals surface area contributed by atoms with Gasteiger partial charge in [-0.25, -0.2) is 4.98 Å². The summed E-state index contributed by atoms with van der Waals surface area (Å²) in [4.78, 5) is 9.32. The van der Waals surface area contributed by atoms with Gasteiger partial charge in [-0.1, -0.05) is 0 Å². The van der Waals surface area contributed by atoms with E-state index < -0.39 is 6.98 Å². The zero-order valence-electron chi connectivity index (χ0n) is 14.8. The molecule has 0 unspecified atom stereocenters. The Balaban J connectivity index is 2.61. The first kappa shape index (κ1) is 11.0. The number of aromatic nitrogens is 2. The Labute approximate surface area is 127 Å². The SMILES string of the molecule is [2H]C([2H])([2H])N(CCC#N)c1nc(N)c2cc(OC)c(OC)cc2n1. The van der Waals surface area contributed by atoms with Crippen molar-refractivity contribution in [1.29, 1.82) is 5.26 Å². The largest absolute Gasteiger partial charge is 0.493 e. The molecule has 7 nitrogen and oxygen atoms in total. The molecule has 0 atom stereocenters. The lowest BCUT2D eigenvalue weighted by molar-refractivity contribution is 0.356. The quantitative estimate of drug-likeness (QED) is 0.892. The maximum Gasteiger partial charge on any atom is 0.227 e. The minimum atomic E-state index is -2.49. The van der Waals surface area contributed by atoms with Gasteiger partial charge in [0, 0.05) is 29.1 Å². The van der Waals surface area contributed by atoms with Crippen LogP contribution in [0.3, 0.4) is 0 Å². The molecule has 21 heavy (non-hydrogen) atoms. The smallest absolute Gasteiger partial charge is 0.227 e. The molecule has 2 aromatic rings. The summed E-state index contributed by atoms with van der Waals surface area (Å²) in [7, 11) is 2.98. The minimum Gasteiger partial charge on any atom is -0.493 e. The Morgan fingerprint density at radius 2 is 2.05 bits per heavy atom. The summed E-state index contributed by atoms with van der Waals surface area (Å²) >= 11 is 0. The molecule has 0 bridgehead atoms. The topological polar surface area (TPSA) is 97.3 Å². The van der Waals surface area contributed by atoms with E-state index >= 15 is 0 Å². The summed E-state index contributed by atoms with van der Waals surface area (Å²) in [6.45, 7) is -2.53. The monoisotopic (exact) mass is 290 g/mol. The van der Waals surface area contributed by atoms with Gasteiger partial charge < -0.3 is 20.1 Å².